The Bertz CT molecular complexity index is 335. The highest BCUT2D eigenvalue weighted by Crippen LogP contribution is 2.28. The fourth-order valence-electron chi connectivity index (χ4n) is 3.07. The van der Waals surface area contributed by atoms with E-state index < -0.39 is 0 Å². The van der Waals surface area contributed by atoms with Crippen molar-refractivity contribution in [3.05, 3.63) is 29.8 Å². The number of aryl methyl sites for hydroxylation is 1. The van der Waals surface area contributed by atoms with E-state index in [1.54, 1.807) is 0 Å². The summed E-state index contributed by atoms with van der Waals surface area (Å²) in [6.07, 6.45) is 9.51. The molecular formula is C17H27N. The third-order valence-electron chi connectivity index (χ3n) is 4.24. The average Bonchev–Trinajstić information content (AvgIpc) is 2.42. The van der Waals surface area contributed by atoms with Crippen molar-refractivity contribution in [2.24, 2.45) is 5.92 Å². The monoisotopic (exact) mass is 245 g/mol. The molecule has 1 unspecified atom stereocenters. The summed E-state index contributed by atoms with van der Waals surface area (Å²) in [6.45, 7) is 4.58. The van der Waals surface area contributed by atoms with Gasteiger partial charge in [0.15, 0.2) is 0 Å². The van der Waals surface area contributed by atoms with Gasteiger partial charge in [-0.25, -0.2) is 0 Å². The first-order chi connectivity index (χ1) is 8.79. The van der Waals surface area contributed by atoms with E-state index in [1.165, 1.54) is 56.2 Å². The van der Waals surface area contributed by atoms with Crippen LogP contribution in [0.25, 0.3) is 0 Å². The lowest BCUT2D eigenvalue weighted by Gasteiger charge is -2.29. The van der Waals surface area contributed by atoms with Crippen molar-refractivity contribution in [3.8, 4) is 0 Å². The summed E-state index contributed by atoms with van der Waals surface area (Å²) in [5.41, 5.74) is 2.74. The van der Waals surface area contributed by atoms with E-state index in [9.17, 15) is 0 Å². The summed E-state index contributed by atoms with van der Waals surface area (Å²) in [5.74, 6) is 0.870. The van der Waals surface area contributed by atoms with Gasteiger partial charge < -0.3 is 5.32 Å². The summed E-state index contributed by atoms with van der Waals surface area (Å²) >= 11 is 0. The SMILES string of the molecule is CCCc1ccc(NC(C)C2CCCCC2)cc1. The zero-order valence-corrected chi connectivity index (χ0v) is 11.9. The molecule has 1 aromatic rings. The average molecular weight is 245 g/mol. The fraction of sp³-hybridized carbons (Fsp3) is 0.647. The van der Waals surface area contributed by atoms with Crippen molar-refractivity contribution < 1.29 is 0 Å². The molecule has 1 aromatic carbocycles. The van der Waals surface area contributed by atoms with Crippen LogP contribution in [0, 0.1) is 5.92 Å². The Labute approximate surface area is 112 Å². The van der Waals surface area contributed by atoms with Crippen molar-refractivity contribution in [1.29, 1.82) is 0 Å². The van der Waals surface area contributed by atoms with Gasteiger partial charge in [-0.05, 0) is 49.8 Å². The smallest absolute Gasteiger partial charge is 0.0342 e. The lowest BCUT2D eigenvalue weighted by molar-refractivity contribution is 0.328. The lowest BCUT2D eigenvalue weighted by Crippen LogP contribution is -2.27. The first kappa shape index (κ1) is 13.5. The molecule has 0 radical (unpaired) electrons. The molecule has 1 saturated carbocycles. The van der Waals surface area contributed by atoms with Gasteiger partial charge in [0.25, 0.3) is 0 Å². The van der Waals surface area contributed by atoms with Crippen LogP contribution in [0.2, 0.25) is 0 Å². The van der Waals surface area contributed by atoms with E-state index in [0.717, 1.165) is 5.92 Å². The minimum atomic E-state index is 0.613. The molecule has 18 heavy (non-hydrogen) atoms. The molecule has 1 heteroatoms. The number of anilines is 1. The second-order valence-corrected chi connectivity index (χ2v) is 5.78. The van der Waals surface area contributed by atoms with Crippen molar-refractivity contribution in [3.63, 3.8) is 0 Å². The molecular weight excluding hydrogens is 218 g/mol. The first-order valence-corrected chi connectivity index (χ1v) is 7.65. The van der Waals surface area contributed by atoms with Crippen LogP contribution < -0.4 is 5.32 Å². The number of rotatable bonds is 5. The van der Waals surface area contributed by atoms with E-state index in [1.807, 2.05) is 0 Å². The minimum absolute atomic E-state index is 0.613. The van der Waals surface area contributed by atoms with Crippen LogP contribution in [0.3, 0.4) is 0 Å². The maximum absolute atomic E-state index is 3.68. The summed E-state index contributed by atoms with van der Waals surface area (Å²) in [7, 11) is 0. The molecule has 1 fully saturated rings. The summed E-state index contributed by atoms with van der Waals surface area (Å²) in [6, 6.07) is 9.62. The zero-order chi connectivity index (χ0) is 12.8. The van der Waals surface area contributed by atoms with Crippen LogP contribution in [0.5, 0.6) is 0 Å². The minimum Gasteiger partial charge on any atom is -0.382 e. The lowest BCUT2D eigenvalue weighted by atomic mass is 9.84. The molecule has 1 atom stereocenters. The van der Waals surface area contributed by atoms with Crippen LogP contribution in [0.4, 0.5) is 5.69 Å². The topological polar surface area (TPSA) is 12.0 Å². The Kier molecular flexibility index (Phi) is 5.10. The van der Waals surface area contributed by atoms with Gasteiger partial charge >= 0.3 is 0 Å². The predicted molar refractivity (Wildman–Crippen MR) is 80.1 cm³/mol. The third-order valence-corrected chi connectivity index (χ3v) is 4.24. The number of hydrogen-bond donors (Lipinski definition) is 1. The van der Waals surface area contributed by atoms with Crippen LogP contribution in [0.15, 0.2) is 24.3 Å². The van der Waals surface area contributed by atoms with Gasteiger partial charge in [-0.1, -0.05) is 44.7 Å². The summed E-state index contributed by atoms with van der Waals surface area (Å²) in [4.78, 5) is 0. The highest BCUT2D eigenvalue weighted by Gasteiger charge is 2.19. The maximum atomic E-state index is 3.68. The Hall–Kier alpha value is -0.980. The van der Waals surface area contributed by atoms with Gasteiger partial charge in [0.05, 0.1) is 0 Å². The number of hydrogen-bond acceptors (Lipinski definition) is 1. The number of nitrogens with one attached hydrogen (secondary N) is 1. The second kappa shape index (κ2) is 6.82. The van der Waals surface area contributed by atoms with E-state index in [4.69, 9.17) is 0 Å². The van der Waals surface area contributed by atoms with E-state index in [2.05, 4.69) is 43.4 Å². The highest BCUT2D eigenvalue weighted by atomic mass is 14.9. The Balaban J connectivity index is 1.87. The van der Waals surface area contributed by atoms with Crippen LogP contribution in [-0.2, 0) is 6.42 Å². The summed E-state index contributed by atoms with van der Waals surface area (Å²) < 4.78 is 0. The van der Waals surface area contributed by atoms with Crippen molar-refractivity contribution in [2.75, 3.05) is 5.32 Å². The van der Waals surface area contributed by atoms with Gasteiger partial charge in [-0.3, -0.25) is 0 Å². The first-order valence-electron chi connectivity index (χ1n) is 7.65. The molecule has 1 nitrogen and oxygen atoms in total. The quantitative estimate of drug-likeness (QED) is 0.768. The molecule has 0 saturated heterocycles. The van der Waals surface area contributed by atoms with Gasteiger partial charge in [-0.15, -0.1) is 0 Å². The Morgan fingerprint density at radius 3 is 2.39 bits per heavy atom. The van der Waals surface area contributed by atoms with E-state index in [0.29, 0.717) is 6.04 Å². The van der Waals surface area contributed by atoms with Crippen LogP contribution in [0.1, 0.15) is 57.9 Å². The van der Waals surface area contributed by atoms with Crippen LogP contribution in [-0.4, -0.2) is 6.04 Å². The van der Waals surface area contributed by atoms with Crippen molar-refractivity contribution in [1.82, 2.24) is 0 Å². The normalized spacial score (nSPS) is 18.6. The standard InChI is InChI=1S/C17H27N/c1-3-7-15-10-12-17(13-11-15)18-14(2)16-8-5-4-6-9-16/h10-14,16,18H,3-9H2,1-2H3. The van der Waals surface area contributed by atoms with Crippen molar-refractivity contribution >= 4 is 5.69 Å². The fourth-order valence-corrected chi connectivity index (χ4v) is 3.07. The van der Waals surface area contributed by atoms with Gasteiger partial charge in [0.1, 0.15) is 0 Å². The molecule has 1 aliphatic carbocycles. The predicted octanol–water partition coefficient (Wildman–Crippen LogP) is 5.02. The zero-order valence-electron chi connectivity index (χ0n) is 11.9. The molecule has 0 aromatic heterocycles. The Morgan fingerprint density at radius 1 is 1.11 bits per heavy atom. The molecule has 1 N–H and O–H groups in total. The molecule has 2 rings (SSSR count). The molecule has 0 amide bonds. The largest absolute Gasteiger partial charge is 0.382 e. The van der Waals surface area contributed by atoms with Gasteiger partial charge in [-0.2, -0.15) is 0 Å². The second-order valence-electron chi connectivity index (χ2n) is 5.78. The molecule has 0 heterocycles. The van der Waals surface area contributed by atoms with E-state index in [-0.39, 0.29) is 0 Å². The molecule has 100 valence electrons. The third kappa shape index (κ3) is 3.76. The summed E-state index contributed by atoms with van der Waals surface area (Å²) in [5, 5.41) is 3.68. The molecule has 0 spiro atoms. The van der Waals surface area contributed by atoms with Crippen LogP contribution >= 0.6 is 0 Å². The molecule has 0 bridgehead atoms. The van der Waals surface area contributed by atoms with Gasteiger partial charge in [0.2, 0.25) is 0 Å². The Morgan fingerprint density at radius 2 is 1.78 bits per heavy atom. The van der Waals surface area contributed by atoms with Crippen molar-refractivity contribution in [2.45, 2.75) is 64.8 Å². The van der Waals surface area contributed by atoms with E-state index >= 15 is 0 Å². The van der Waals surface area contributed by atoms with Gasteiger partial charge in [0, 0.05) is 11.7 Å². The molecule has 0 aliphatic heterocycles. The maximum Gasteiger partial charge on any atom is 0.0342 e. The number of benzene rings is 1. The molecule has 1 aliphatic rings. The highest BCUT2D eigenvalue weighted by molar-refractivity contribution is 5.45.